The van der Waals surface area contributed by atoms with Gasteiger partial charge in [0.25, 0.3) is 0 Å². The SMILES string of the molecule is C=CCOc1ccc2c(c1)[C@H]1[C@H](CCCCO)[C@@H](CCCCO)C=C3C(=NOC4CCCCO4)C[C@H](N(C)C(=O)OCC(C)(C)C)[C@@](OCC=C)(O2)[C@H]31. The van der Waals surface area contributed by atoms with Gasteiger partial charge in [-0.3, -0.25) is 0 Å². The summed E-state index contributed by atoms with van der Waals surface area (Å²) in [6, 6.07) is 5.24. The summed E-state index contributed by atoms with van der Waals surface area (Å²) in [6.07, 6.45) is 12.6. The van der Waals surface area contributed by atoms with Crippen LogP contribution in [0.2, 0.25) is 0 Å². The van der Waals surface area contributed by atoms with Crippen LogP contribution in [0.3, 0.4) is 0 Å². The van der Waals surface area contributed by atoms with E-state index in [0.29, 0.717) is 37.6 Å². The molecule has 0 spiro atoms. The molecule has 5 rings (SSSR count). The maximum Gasteiger partial charge on any atom is 0.410 e. The molecular weight excluding hydrogens is 676 g/mol. The number of benzene rings is 1. The van der Waals surface area contributed by atoms with E-state index in [2.05, 4.69) is 25.3 Å². The molecule has 2 heterocycles. The molecule has 0 bridgehead atoms. The number of rotatable bonds is 18. The number of ether oxygens (including phenoxy) is 5. The fourth-order valence-electron chi connectivity index (χ4n) is 8.40. The van der Waals surface area contributed by atoms with Crippen molar-refractivity contribution in [3.05, 3.63) is 60.7 Å². The van der Waals surface area contributed by atoms with Crippen LogP contribution in [0.5, 0.6) is 11.5 Å². The second-order valence-corrected chi connectivity index (χ2v) is 16.0. The van der Waals surface area contributed by atoms with Crippen LogP contribution in [-0.4, -0.2) is 91.7 Å². The molecule has 4 aliphatic rings. The highest BCUT2D eigenvalue weighted by molar-refractivity contribution is 6.02. The maximum absolute atomic E-state index is 14.0. The highest BCUT2D eigenvalue weighted by Crippen LogP contribution is 2.61. The molecule has 1 aromatic carbocycles. The first-order valence-electron chi connectivity index (χ1n) is 19.6. The predicted molar refractivity (Wildman–Crippen MR) is 204 cm³/mol. The van der Waals surface area contributed by atoms with Crippen LogP contribution in [0, 0.1) is 23.2 Å². The molecule has 0 aromatic heterocycles. The number of unbranched alkanes of at least 4 members (excludes halogenated alkanes) is 2. The Hall–Kier alpha value is -3.38. The van der Waals surface area contributed by atoms with Crippen LogP contribution in [0.4, 0.5) is 4.79 Å². The zero-order valence-corrected chi connectivity index (χ0v) is 32.3. The van der Waals surface area contributed by atoms with Crippen molar-refractivity contribution >= 4 is 11.8 Å². The summed E-state index contributed by atoms with van der Waals surface area (Å²) in [5.74, 6) is -0.301. The lowest BCUT2D eigenvalue weighted by molar-refractivity contribution is -0.254. The molecule has 1 saturated heterocycles. The second-order valence-electron chi connectivity index (χ2n) is 16.0. The molecule has 1 aromatic rings. The van der Waals surface area contributed by atoms with Crippen LogP contribution >= 0.6 is 0 Å². The van der Waals surface area contributed by atoms with Crippen LogP contribution < -0.4 is 9.47 Å². The molecule has 1 unspecified atom stereocenters. The Morgan fingerprint density at radius 2 is 1.83 bits per heavy atom. The molecule has 7 atom stereocenters. The van der Waals surface area contributed by atoms with E-state index in [4.69, 9.17) is 33.7 Å². The van der Waals surface area contributed by atoms with E-state index in [0.717, 1.165) is 61.8 Å². The van der Waals surface area contributed by atoms with Crippen LogP contribution in [0.1, 0.15) is 96.5 Å². The average molecular weight is 739 g/mol. The van der Waals surface area contributed by atoms with Gasteiger partial charge in [0.2, 0.25) is 12.1 Å². The Morgan fingerprint density at radius 1 is 1.08 bits per heavy atom. The fraction of sp³-hybridized carbons (Fsp3) is 0.667. The summed E-state index contributed by atoms with van der Waals surface area (Å²) >= 11 is 0. The standard InChI is InChI=1S/C42H62N2O9/c1-7-22-48-30-18-19-35-33(26-30)38-31(16-10-13-21-46)29(15-9-12-20-45)25-32-34(43-53-37-17-11-14-24-49-37)27-36(42(52-35,39(32)38)51-23-8-2)44(6)40(47)50-28-41(3,4)5/h7-8,18-19,25-26,29,31,36-39,45-46H,1-2,9-17,20-24,27-28H2,3-6H3/t29-,31+,36-,37?,38+,39+,42+/m0/s1. The van der Waals surface area contributed by atoms with Gasteiger partial charge in [-0.25, -0.2) is 4.79 Å². The first kappa shape index (κ1) is 40.8. The maximum atomic E-state index is 14.0. The van der Waals surface area contributed by atoms with Gasteiger partial charge in [-0.05, 0) is 79.5 Å². The molecule has 294 valence electrons. The van der Waals surface area contributed by atoms with Crippen LogP contribution in [0.15, 0.2) is 60.3 Å². The largest absolute Gasteiger partial charge is 0.490 e. The zero-order chi connectivity index (χ0) is 38.0. The van der Waals surface area contributed by atoms with E-state index >= 15 is 0 Å². The van der Waals surface area contributed by atoms with Gasteiger partial charge < -0.3 is 43.6 Å². The van der Waals surface area contributed by atoms with Crippen molar-refractivity contribution in [2.45, 2.75) is 109 Å². The third-order valence-electron chi connectivity index (χ3n) is 10.8. The van der Waals surface area contributed by atoms with E-state index in [9.17, 15) is 15.0 Å². The van der Waals surface area contributed by atoms with Crippen molar-refractivity contribution in [3.63, 3.8) is 0 Å². The minimum absolute atomic E-state index is 0.110. The smallest absolute Gasteiger partial charge is 0.410 e. The van der Waals surface area contributed by atoms with E-state index in [1.807, 2.05) is 32.9 Å². The van der Waals surface area contributed by atoms with Gasteiger partial charge in [-0.2, -0.15) is 0 Å². The third kappa shape index (κ3) is 9.65. The molecule has 11 nitrogen and oxygen atoms in total. The Bertz CT molecular complexity index is 1450. The fourth-order valence-corrected chi connectivity index (χ4v) is 8.40. The number of nitrogens with zero attached hydrogens (tertiary/aromatic N) is 2. The number of likely N-dealkylation sites (N-methyl/N-ethyl adjacent to an activating group) is 1. The lowest BCUT2D eigenvalue weighted by Gasteiger charge is -2.59. The second kappa shape index (κ2) is 18.8. The summed E-state index contributed by atoms with van der Waals surface area (Å²) in [5.41, 5.74) is 2.46. The predicted octanol–water partition coefficient (Wildman–Crippen LogP) is 7.53. The Labute approximate surface area is 316 Å². The summed E-state index contributed by atoms with van der Waals surface area (Å²) < 4.78 is 32.0. The molecule has 2 N–H and O–H groups in total. The van der Waals surface area contributed by atoms with Crippen molar-refractivity contribution in [2.75, 3.05) is 46.7 Å². The first-order chi connectivity index (χ1) is 25.6. The quantitative estimate of drug-likeness (QED) is 0.0893. The number of carbonyl (C=O) groups is 1. The van der Waals surface area contributed by atoms with Gasteiger partial charge in [-0.15, -0.1) is 6.58 Å². The highest BCUT2D eigenvalue weighted by atomic mass is 16.8. The number of fused-ring (bicyclic) bond motifs is 2. The summed E-state index contributed by atoms with van der Waals surface area (Å²) in [7, 11) is 1.74. The van der Waals surface area contributed by atoms with Crippen molar-refractivity contribution in [1.29, 1.82) is 0 Å². The van der Waals surface area contributed by atoms with E-state index in [1.165, 1.54) is 0 Å². The molecule has 53 heavy (non-hydrogen) atoms. The molecule has 2 aliphatic heterocycles. The summed E-state index contributed by atoms with van der Waals surface area (Å²) in [6.45, 7) is 15.5. The van der Waals surface area contributed by atoms with Gasteiger partial charge in [0.1, 0.15) is 24.1 Å². The number of aliphatic hydroxyl groups excluding tert-OH is 2. The topological polar surface area (TPSA) is 129 Å². The normalized spacial score (nSPS) is 28.5. The summed E-state index contributed by atoms with van der Waals surface area (Å²) in [4.78, 5) is 21.7. The van der Waals surface area contributed by atoms with Gasteiger partial charge in [0.05, 0.1) is 31.5 Å². The number of aliphatic hydroxyl groups is 2. The molecule has 0 radical (unpaired) electrons. The first-order valence-corrected chi connectivity index (χ1v) is 19.6. The Morgan fingerprint density at radius 3 is 2.51 bits per heavy atom. The van der Waals surface area contributed by atoms with E-state index in [1.54, 1.807) is 24.1 Å². The van der Waals surface area contributed by atoms with Gasteiger partial charge in [0, 0.05) is 44.6 Å². The minimum Gasteiger partial charge on any atom is -0.490 e. The molecule has 11 heteroatoms. The van der Waals surface area contributed by atoms with Crippen LogP contribution in [0.25, 0.3) is 0 Å². The average Bonchev–Trinajstić information content (AvgIpc) is 3.15. The monoisotopic (exact) mass is 738 g/mol. The van der Waals surface area contributed by atoms with Crippen LogP contribution in [-0.2, 0) is 19.0 Å². The van der Waals surface area contributed by atoms with Crippen molar-refractivity contribution < 1.29 is 43.5 Å². The number of amides is 1. The summed E-state index contributed by atoms with van der Waals surface area (Å²) in [5, 5.41) is 24.5. The molecule has 2 aliphatic carbocycles. The molecule has 2 fully saturated rings. The molecular formula is C42H62N2O9. The third-order valence-corrected chi connectivity index (χ3v) is 10.8. The minimum atomic E-state index is -1.34. The lowest BCUT2D eigenvalue weighted by Crippen LogP contribution is -2.69. The number of hydrogen-bond acceptors (Lipinski definition) is 10. The van der Waals surface area contributed by atoms with E-state index < -0.39 is 30.1 Å². The molecule has 1 saturated carbocycles. The number of oxime groups is 1. The lowest BCUT2D eigenvalue weighted by atomic mass is 9.55. The number of carbonyl (C=O) groups excluding carboxylic acids is 1. The van der Waals surface area contributed by atoms with Gasteiger partial charge in [0.15, 0.2) is 0 Å². The Kier molecular flexibility index (Phi) is 14.5. The number of allylic oxidation sites excluding steroid dienone is 1. The Balaban J connectivity index is 1.72. The van der Waals surface area contributed by atoms with Crippen molar-refractivity contribution in [2.24, 2.45) is 28.3 Å². The van der Waals surface area contributed by atoms with Crippen molar-refractivity contribution in [3.8, 4) is 11.5 Å². The van der Waals surface area contributed by atoms with E-state index in [-0.39, 0.29) is 56.0 Å². The highest BCUT2D eigenvalue weighted by Gasteiger charge is 2.65. The van der Waals surface area contributed by atoms with Crippen molar-refractivity contribution in [1.82, 2.24) is 4.90 Å². The van der Waals surface area contributed by atoms with Gasteiger partial charge >= 0.3 is 6.09 Å². The van der Waals surface area contributed by atoms with Gasteiger partial charge in [-0.1, -0.05) is 63.6 Å². The molecule has 1 amide bonds. The zero-order valence-electron chi connectivity index (χ0n) is 32.3. The number of hydrogen-bond donors (Lipinski definition) is 2.